The van der Waals surface area contributed by atoms with Crippen LogP contribution in [0.1, 0.15) is 54.1 Å². The lowest BCUT2D eigenvalue weighted by Crippen LogP contribution is -2.36. The van der Waals surface area contributed by atoms with Crippen LogP contribution >= 0.6 is 0 Å². The largest absolute Gasteiger partial charge is 0.494 e. The summed E-state index contributed by atoms with van der Waals surface area (Å²) >= 11 is 0. The first-order valence-electron chi connectivity index (χ1n) is 11.0. The molecule has 2 aromatic rings. The highest BCUT2D eigenvalue weighted by Crippen LogP contribution is 2.18. The molecule has 31 heavy (non-hydrogen) atoms. The minimum Gasteiger partial charge on any atom is -0.494 e. The number of carbonyl (C=O) groups excluding carboxylic acids is 1. The second-order valence-corrected chi connectivity index (χ2v) is 9.82. The van der Waals surface area contributed by atoms with Crippen molar-refractivity contribution in [3.8, 4) is 5.75 Å². The van der Waals surface area contributed by atoms with E-state index in [4.69, 9.17) is 4.74 Å². The molecule has 0 aromatic heterocycles. The molecule has 0 atom stereocenters. The highest BCUT2D eigenvalue weighted by Gasteiger charge is 2.24. The number of nitrogens with one attached hydrogen (secondary N) is 1. The maximum atomic E-state index is 12.6. The van der Waals surface area contributed by atoms with E-state index in [0.717, 1.165) is 37.9 Å². The Morgan fingerprint density at radius 2 is 1.61 bits per heavy atom. The number of hydrogen-bond donors (Lipinski definition) is 1. The van der Waals surface area contributed by atoms with Gasteiger partial charge in [-0.2, -0.15) is 0 Å². The number of benzene rings is 2. The number of ether oxygens (including phenoxy) is 1. The molecule has 0 saturated carbocycles. The average molecular weight is 445 g/mol. The van der Waals surface area contributed by atoms with Crippen LogP contribution in [0, 0.1) is 0 Å². The minimum atomic E-state index is -3.29. The fourth-order valence-corrected chi connectivity index (χ4v) is 5.32. The monoisotopic (exact) mass is 444 g/mol. The Morgan fingerprint density at radius 3 is 2.26 bits per heavy atom. The quantitative estimate of drug-likeness (QED) is 0.566. The molecule has 3 rings (SSSR count). The third-order valence-electron chi connectivity index (χ3n) is 5.44. The topological polar surface area (TPSA) is 75.7 Å². The van der Waals surface area contributed by atoms with Gasteiger partial charge in [0, 0.05) is 25.2 Å². The lowest BCUT2D eigenvalue weighted by Gasteiger charge is -2.25. The molecule has 0 aliphatic carbocycles. The van der Waals surface area contributed by atoms with E-state index in [9.17, 15) is 13.2 Å². The summed E-state index contributed by atoms with van der Waals surface area (Å²) in [4.78, 5) is 12.4. The number of sulfonamides is 1. The fraction of sp³-hybridized carbons (Fsp3) is 0.458. The van der Waals surface area contributed by atoms with Gasteiger partial charge in [-0.25, -0.2) is 12.7 Å². The van der Waals surface area contributed by atoms with Gasteiger partial charge in [0.25, 0.3) is 5.91 Å². The fourth-order valence-electron chi connectivity index (χ4n) is 3.71. The second kappa shape index (κ2) is 11.3. The highest BCUT2D eigenvalue weighted by atomic mass is 32.2. The summed E-state index contributed by atoms with van der Waals surface area (Å²) in [6.45, 7) is 4.42. The van der Waals surface area contributed by atoms with Gasteiger partial charge in [0.05, 0.1) is 12.4 Å². The summed E-state index contributed by atoms with van der Waals surface area (Å²) in [6, 6.07) is 14.9. The number of carbonyl (C=O) groups is 1. The van der Waals surface area contributed by atoms with Gasteiger partial charge in [0.2, 0.25) is 10.0 Å². The zero-order valence-corrected chi connectivity index (χ0v) is 19.0. The van der Waals surface area contributed by atoms with Crippen molar-refractivity contribution in [1.29, 1.82) is 0 Å². The molecule has 1 saturated heterocycles. The van der Waals surface area contributed by atoms with E-state index in [1.54, 1.807) is 28.6 Å². The van der Waals surface area contributed by atoms with Gasteiger partial charge in [-0.1, -0.05) is 30.7 Å². The maximum absolute atomic E-state index is 12.6. The lowest BCUT2D eigenvalue weighted by molar-refractivity contribution is 0.0953. The van der Waals surface area contributed by atoms with Gasteiger partial charge in [-0.05, 0) is 68.0 Å². The Kier molecular flexibility index (Phi) is 8.49. The third-order valence-corrected chi connectivity index (χ3v) is 7.29. The van der Waals surface area contributed by atoms with Crippen molar-refractivity contribution >= 4 is 15.9 Å². The number of amides is 1. The number of rotatable bonds is 10. The van der Waals surface area contributed by atoms with E-state index < -0.39 is 10.0 Å². The number of hydrogen-bond acceptors (Lipinski definition) is 4. The molecule has 1 heterocycles. The van der Waals surface area contributed by atoms with Gasteiger partial charge in [0.1, 0.15) is 5.75 Å². The second-order valence-electron chi connectivity index (χ2n) is 7.85. The van der Waals surface area contributed by atoms with Crippen molar-refractivity contribution in [3.63, 3.8) is 0 Å². The summed E-state index contributed by atoms with van der Waals surface area (Å²) in [6.07, 6.45) is 4.66. The molecule has 0 radical (unpaired) electrons. The molecule has 6 nitrogen and oxygen atoms in total. The van der Waals surface area contributed by atoms with E-state index >= 15 is 0 Å². The maximum Gasteiger partial charge on any atom is 0.251 e. The van der Waals surface area contributed by atoms with Crippen molar-refractivity contribution in [2.45, 2.75) is 44.8 Å². The Balaban J connectivity index is 1.43. The van der Waals surface area contributed by atoms with Crippen LogP contribution in [-0.4, -0.2) is 44.9 Å². The Bertz CT molecular complexity index is 935. The van der Waals surface area contributed by atoms with Gasteiger partial charge < -0.3 is 10.1 Å². The highest BCUT2D eigenvalue weighted by molar-refractivity contribution is 7.88. The number of nitrogens with zero attached hydrogens (tertiary/aromatic N) is 1. The molecule has 1 aliphatic rings. The van der Waals surface area contributed by atoms with Crippen LogP contribution in [0.5, 0.6) is 5.75 Å². The first-order chi connectivity index (χ1) is 15.0. The van der Waals surface area contributed by atoms with Crippen LogP contribution in [0.4, 0.5) is 0 Å². The Labute approximate surface area is 185 Å². The number of aryl methyl sites for hydroxylation is 1. The summed E-state index contributed by atoms with van der Waals surface area (Å²) in [5.74, 6) is 0.709. The van der Waals surface area contributed by atoms with Crippen molar-refractivity contribution in [2.24, 2.45) is 0 Å². The summed E-state index contributed by atoms with van der Waals surface area (Å²) in [5.41, 5.74) is 2.45. The van der Waals surface area contributed by atoms with Crippen LogP contribution in [0.25, 0.3) is 0 Å². The Hall–Kier alpha value is -2.38. The molecular formula is C24H32N2O4S. The standard InChI is InChI=1S/C24H32N2O4S/c1-2-30-23-14-10-20(11-15-23)7-6-16-25-24(27)22-12-8-21(9-13-22)19-31(28,29)26-17-4-3-5-18-26/h8-15H,2-7,16-19H2,1H3,(H,25,27). The first-order valence-corrected chi connectivity index (χ1v) is 12.7. The molecule has 0 spiro atoms. The molecule has 1 aliphatic heterocycles. The van der Waals surface area contributed by atoms with Gasteiger partial charge >= 0.3 is 0 Å². The first kappa shape index (κ1) is 23.3. The van der Waals surface area contributed by atoms with Crippen LogP contribution in [0.2, 0.25) is 0 Å². The van der Waals surface area contributed by atoms with E-state index in [1.165, 1.54) is 5.56 Å². The smallest absolute Gasteiger partial charge is 0.251 e. The van der Waals surface area contributed by atoms with Gasteiger partial charge in [-0.3, -0.25) is 4.79 Å². The van der Waals surface area contributed by atoms with Crippen molar-refractivity contribution in [2.75, 3.05) is 26.2 Å². The van der Waals surface area contributed by atoms with E-state index in [-0.39, 0.29) is 11.7 Å². The van der Waals surface area contributed by atoms with Crippen molar-refractivity contribution in [3.05, 3.63) is 65.2 Å². The summed E-state index contributed by atoms with van der Waals surface area (Å²) < 4.78 is 32.1. The molecule has 0 bridgehead atoms. The SMILES string of the molecule is CCOc1ccc(CCCNC(=O)c2ccc(CS(=O)(=O)N3CCCCC3)cc2)cc1. The molecule has 2 aromatic carbocycles. The van der Waals surface area contributed by atoms with Crippen LogP contribution in [0.15, 0.2) is 48.5 Å². The molecule has 1 amide bonds. The van der Waals surface area contributed by atoms with E-state index in [1.807, 2.05) is 31.2 Å². The molecular weight excluding hydrogens is 412 g/mol. The summed E-state index contributed by atoms with van der Waals surface area (Å²) in [7, 11) is -3.29. The van der Waals surface area contributed by atoms with Crippen molar-refractivity contribution in [1.82, 2.24) is 9.62 Å². The molecule has 168 valence electrons. The van der Waals surface area contributed by atoms with E-state index in [2.05, 4.69) is 5.32 Å². The average Bonchev–Trinajstić information content (AvgIpc) is 2.79. The van der Waals surface area contributed by atoms with E-state index in [0.29, 0.717) is 37.4 Å². The van der Waals surface area contributed by atoms with Crippen LogP contribution in [-0.2, 0) is 22.2 Å². The predicted molar refractivity (Wildman–Crippen MR) is 123 cm³/mol. The van der Waals surface area contributed by atoms with Crippen LogP contribution in [0.3, 0.4) is 0 Å². The minimum absolute atomic E-state index is 0.0169. The molecule has 1 N–H and O–H groups in total. The predicted octanol–water partition coefficient (Wildman–Crippen LogP) is 3.76. The Morgan fingerprint density at radius 1 is 0.968 bits per heavy atom. The van der Waals surface area contributed by atoms with Gasteiger partial charge in [0.15, 0.2) is 0 Å². The summed E-state index contributed by atoms with van der Waals surface area (Å²) in [5, 5.41) is 2.93. The molecule has 1 fully saturated rings. The lowest BCUT2D eigenvalue weighted by atomic mass is 10.1. The zero-order valence-electron chi connectivity index (χ0n) is 18.2. The normalized spacial score (nSPS) is 14.9. The van der Waals surface area contributed by atoms with Crippen LogP contribution < -0.4 is 10.1 Å². The third kappa shape index (κ3) is 7.08. The van der Waals surface area contributed by atoms with Crippen molar-refractivity contribution < 1.29 is 17.9 Å². The molecule has 7 heteroatoms. The number of piperidine rings is 1. The van der Waals surface area contributed by atoms with Gasteiger partial charge in [-0.15, -0.1) is 0 Å². The zero-order chi connectivity index (χ0) is 22.1. The molecule has 0 unspecified atom stereocenters.